The molecule has 1 fully saturated rings. The zero-order chi connectivity index (χ0) is 16.1. The zero-order valence-electron chi connectivity index (χ0n) is 11.4. The predicted molar refractivity (Wildman–Crippen MR) is 72.9 cm³/mol. The molecule has 2 aromatic heterocycles. The highest BCUT2D eigenvalue weighted by molar-refractivity contribution is 4.92. The average Bonchev–Trinajstić information content (AvgIpc) is 3.14. The molecule has 0 aromatic carbocycles. The van der Waals surface area contributed by atoms with Gasteiger partial charge in [-0.15, -0.1) is 0 Å². The van der Waals surface area contributed by atoms with Crippen molar-refractivity contribution >= 4 is 0 Å². The number of ether oxygens (including phenoxy) is 1. The molecule has 5 N–H and O–H groups in total. The molecule has 1 saturated heterocycles. The number of aliphatic hydroxyl groups excluding tert-OH is 3. The molecule has 120 valence electrons. The van der Waals surface area contributed by atoms with Crippen molar-refractivity contribution in [1.29, 1.82) is 0 Å². The quantitative estimate of drug-likeness (QED) is 0.413. The van der Waals surface area contributed by atoms with E-state index >= 15 is 0 Å². The maximum Gasteiger partial charge on any atom is 0.330 e. The summed E-state index contributed by atoms with van der Waals surface area (Å²) in [5.41, 5.74) is -1.33. The summed E-state index contributed by atoms with van der Waals surface area (Å²) in [7, 11) is 0. The van der Waals surface area contributed by atoms with Gasteiger partial charge in [0.2, 0.25) is 0 Å². The van der Waals surface area contributed by atoms with Crippen molar-refractivity contribution in [3.63, 3.8) is 0 Å². The molecule has 10 nitrogen and oxygen atoms in total. The monoisotopic (exact) mass is 312 g/mol. The van der Waals surface area contributed by atoms with Crippen LogP contribution in [0.5, 0.6) is 0 Å². The first kappa shape index (κ1) is 16.1. The minimum absolute atomic E-state index is 0.479. The van der Waals surface area contributed by atoms with Gasteiger partial charge in [0.05, 0.1) is 12.9 Å². The lowest BCUT2D eigenvalue weighted by atomic mass is 10.1. The molecule has 0 amide bonds. The van der Waals surface area contributed by atoms with Crippen molar-refractivity contribution in [2.45, 2.75) is 24.5 Å². The summed E-state index contributed by atoms with van der Waals surface area (Å²) in [5, 5.41) is 28.1. The summed E-state index contributed by atoms with van der Waals surface area (Å²) < 4.78 is 6.08. The van der Waals surface area contributed by atoms with Crippen molar-refractivity contribution in [2.75, 3.05) is 6.61 Å². The van der Waals surface area contributed by atoms with Gasteiger partial charge in [-0.2, -0.15) is 0 Å². The van der Waals surface area contributed by atoms with Gasteiger partial charge in [-0.3, -0.25) is 14.3 Å². The second-order valence-electron chi connectivity index (χ2n) is 4.51. The molecule has 3 heterocycles. The van der Waals surface area contributed by atoms with Crippen LogP contribution in [0.4, 0.5) is 0 Å². The van der Waals surface area contributed by atoms with Crippen LogP contribution in [-0.4, -0.2) is 59.8 Å². The summed E-state index contributed by atoms with van der Waals surface area (Å²) >= 11 is 0. The lowest BCUT2D eigenvalue weighted by Gasteiger charge is -2.16. The smallest absolute Gasteiger partial charge is 0.330 e. The van der Waals surface area contributed by atoms with E-state index in [4.69, 9.17) is 9.84 Å². The minimum Gasteiger partial charge on any atom is -0.394 e. The maximum atomic E-state index is 11.4. The van der Waals surface area contributed by atoms with Gasteiger partial charge in [0.15, 0.2) is 6.23 Å². The maximum absolute atomic E-state index is 11.4. The number of hydrogen-bond acceptors (Lipinski definition) is 7. The molecule has 4 atom stereocenters. The molecule has 0 spiro atoms. The van der Waals surface area contributed by atoms with Crippen LogP contribution in [0, 0.1) is 0 Å². The van der Waals surface area contributed by atoms with E-state index in [2.05, 4.69) is 9.97 Å². The highest BCUT2D eigenvalue weighted by atomic mass is 16.6. The van der Waals surface area contributed by atoms with Gasteiger partial charge in [-0.05, 0) is 0 Å². The Bertz CT molecular complexity index is 664. The van der Waals surface area contributed by atoms with Crippen LogP contribution in [0.2, 0.25) is 0 Å². The number of H-pyrrole nitrogens is 2. The van der Waals surface area contributed by atoms with E-state index in [1.807, 2.05) is 4.98 Å². The number of rotatable bonds is 2. The summed E-state index contributed by atoms with van der Waals surface area (Å²) in [5.74, 6) is 0. The minimum atomic E-state index is -1.35. The molecule has 3 rings (SSSR count). The Balaban J connectivity index is 0.000000299. The molecular formula is C12H16N4O6. The van der Waals surface area contributed by atoms with Crippen LogP contribution >= 0.6 is 0 Å². The third kappa shape index (κ3) is 3.49. The van der Waals surface area contributed by atoms with Gasteiger partial charge < -0.3 is 25.0 Å². The van der Waals surface area contributed by atoms with Crippen LogP contribution in [0.25, 0.3) is 0 Å². The zero-order valence-corrected chi connectivity index (χ0v) is 11.4. The molecule has 0 radical (unpaired) electrons. The first-order valence-electron chi connectivity index (χ1n) is 6.41. The molecule has 22 heavy (non-hydrogen) atoms. The number of aliphatic hydroxyl groups is 3. The highest BCUT2D eigenvalue weighted by Crippen LogP contribution is 2.27. The molecule has 0 aliphatic carbocycles. The van der Waals surface area contributed by atoms with Crippen LogP contribution in [0.3, 0.4) is 0 Å². The lowest BCUT2D eigenvalue weighted by Crippen LogP contribution is -2.37. The van der Waals surface area contributed by atoms with Crippen molar-refractivity contribution in [3.05, 3.63) is 51.8 Å². The standard InChI is InChI=1S/C9H12N2O6.C3H4N2/c12-3-4-6(14)7(15)8(17-4)11-2-1-5(13)10-9(11)16;1-2-5-3-4-1/h1-2,4,6-8,12,14-15H,3H2,(H,10,13,16);1-3H,(H,4,5)/t4-,6-,7-,8-;/m1./s1. The fourth-order valence-corrected chi connectivity index (χ4v) is 1.95. The number of nitrogens with one attached hydrogen (secondary N) is 2. The van der Waals surface area contributed by atoms with Gasteiger partial charge in [-0.25, -0.2) is 9.78 Å². The third-order valence-electron chi connectivity index (χ3n) is 3.05. The Kier molecular flexibility index (Phi) is 5.22. The molecule has 10 heteroatoms. The average molecular weight is 312 g/mol. The number of nitrogens with zero attached hydrogens (tertiary/aromatic N) is 2. The Labute approximate surface area is 123 Å². The van der Waals surface area contributed by atoms with Crippen molar-refractivity contribution in [2.24, 2.45) is 0 Å². The molecule has 0 saturated carbocycles. The molecule has 2 aromatic rings. The van der Waals surface area contributed by atoms with Gasteiger partial charge in [0, 0.05) is 24.7 Å². The molecule has 1 aliphatic rings. The normalized spacial score (nSPS) is 27.2. The Morgan fingerprint density at radius 2 is 2.09 bits per heavy atom. The molecule has 0 unspecified atom stereocenters. The topological polar surface area (TPSA) is 153 Å². The van der Waals surface area contributed by atoms with Crippen LogP contribution < -0.4 is 11.2 Å². The number of aromatic amines is 2. The van der Waals surface area contributed by atoms with E-state index in [1.165, 1.54) is 0 Å². The predicted octanol–water partition coefficient (Wildman–Crippen LogP) is -2.44. The summed E-state index contributed by atoms with van der Waals surface area (Å²) in [6.07, 6.45) is 1.50. The van der Waals surface area contributed by atoms with E-state index < -0.39 is 42.4 Å². The van der Waals surface area contributed by atoms with E-state index in [1.54, 1.807) is 18.7 Å². The van der Waals surface area contributed by atoms with Crippen molar-refractivity contribution in [1.82, 2.24) is 19.5 Å². The highest BCUT2D eigenvalue weighted by Gasteiger charge is 2.43. The van der Waals surface area contributed by atoms with Gasteiger partial charge in [0.1, 0.15) is 18.3 Å². The second-order valence-corrected chi connectivity index (χ2v) is 4.51. The number of hydrogen-bond donors (Lipinski definition) is 5. The number of aromatic nitrogens is 4. The first-order valence-corrected chi connectivity index (χ1v) is 6.41. The van der Waals surface area contributed by atoms with Gasteiger partial charge >= 0.3 is 5.69 Å². The van der Waals surface area contributed by atoms with Crippen molar-refractivity contribution in [3.8, 4) is 0 Å². The first-order chi connectivity index (χ1) is 10.5. The SMILES string of the molecule is O=c1ccn([C@@H]2O[C@H](CO)[C@@H](O)[C@H]2O)c(=O)[nH]1.c1c[nH]cn1. The van der Waals surface area contributed by atoms with E-state index in [0.717, 1.165) is 16.8 Å². The molecule has 0 bridgehead atoms. The van der Waals surface area contributed by atoms with E-state index in [0.29, 0.717) is 0 Å². The van der Waals surface area contributed by atoms with Crippen LogP contribution in [0.1, 0.15) is 6.23 Å². The van der Waals surface area contributed by atoms with Crippen LogP contribution in [-0.2, 0) is 4.74 Å². The van der Waals surface area contributed by atoms with Crippen molar-refractivity contribution < 1.29 is 20.1 Å². The van der Waals surface area contributed by atoms with Crippen LogP contribution in [0.15, 0.2) is 40.6 Å². The van der Waals surface area contributed by atoms with Gasteiger partial charge in [-0.1, -0.05) is 0 Å². The Morgan fingerprint density at radius 3 is 2.55 bits per heavy atom. The lowest BCUT2D eigenvalue weighted by molar-refractivity contribution is -0.0550. The van der Waals surface area contributed by atoms with E-state index in [9.17, 15) is 19.8 Å². The third-order valence-corrected chi connectivity index (χ3v) is 3.05. The van der Waals surface area contributed by atoms with Gasteiger partial charge in [0.25, 0.3) is 5.56 Å². The largest absolute Gasteiger partial charge is 0.394 e. The van der Waals surface area contributed by atoms with E-state index in [-0.39, 0.29) is 0 Å². The fraction of sp³-hybridized carbons (Fsp3) is 0.417. The summed E-state index contributed by atoms with van der Waals surface area (Å²) in [6.45, 7) is -0.479. The Hall–Kier alpha value is -2.27. The number of imidazole rings is 1. The second kappa shape index (κ2) is 7.13. The Morgan fingerprint density at radius 1 is 1.32 bits per heavy atom. The summed E-state index contributed by atoms with van der Waals surface area (Å²) in [4.78, 5) is 30.7. The summed E-state index contributed by atoms with van der Waals surface area (Å²) in [6, 6.07) is 1.09. The fourth-order valence-electron chi connectivity index (χ4n) is 1.95. The molecular weight excluding hydrogens is 296 g/mol. The molecule has 1 aliphatic heterocycles.